The van der Waals surface area contributed by atoms with Crippen LogP contribution in [0.4, 0.5) is 0 Å². The lowest BCUT2D eigenvalue weighted by Gasteiger charge is -2.34. The summed E-state index contributed by atoms with van der Waals surface area (Å²) < 4.78 is 0. The number of carbonyl (C=O) groups excluding carboxylic acids is 2. The number of nitrogens with zero attached hydrogens (tertiary/aromatic N) is 2. The molecule has 0 radical (unpaired) electrons. The maximum absolute atomic E-state index is 12.1. The van der Waals surface area contributed by atoms with Crippen LogP contribution in [0.1, 0.15) is 31.7 Å². The highest BCUT2D eigenvalue weighted by molar-refractivity contribution is 5.85. The Bertz CT molecular complexity index is 618. The van der Waals surface area contributed by atoms with E-state index in [9.17, 15) is 9.59 Å². The van der Waals surface area contributed by atoms with E-state index in [4.69, 9.17) is 5.73 Å². The van der Waals surface area contributed by atoms with Crippen molar-refractivity contribution in [2.45, 2.75) is 32.7 Å². The van der Waals surface area contributed by atoms with Crippen molar-refractivity contribution in [1.29, 1.82) is 0 Å². The van der Waals surface area contributed by atoms with E-state index < -0.39 is 0 Å². The summed E-state index contributed by atoms with van der Waals surface area (Å²) in [6, 6.07) is 9.78. The van der Waals surface area contributed by atoms with Crippen LogP contribution < -0.4 is 16.4 Å². The number of guanidine groups is 1. The molecule has 1 heterocycles. The standard InChI is InChI=1S/C19H29N5O2/c1-2-21-19(24-10-6-9-16(14-24)11-17(20)25)23-13-18(26)22-12-15-7-4-3-5-8-15/h3-5,7-8,16H,2,6,9-14H2,1H3,(H2,20,25)(H,21,23)(H,22,26). The van der Waals surface area contributed by atoms with Crippen molar-refractivity contribution >= 4 is 17.8 Å². The molecule has 7 nitrogen and oxygen atoms in total. The van der Waals surface area contributed by atoms with E-state index in [1.54, 1.807) is 0 Å². The zero-order chi connectivity index (χ0) is 18.8. The maximum Gasteiger partial charge on any atom is 0.242 e. The summed E-state index contributed by atoms with van der Waals surface area (Å²) in [5.41, 5.74) is 6.38. The van der Waals surface area contributed by atoms with E-state index in [2.05, 4.69) is 20.5 Å². The van der Waals surface area contributed by atoms with Gasteiger partial charge in [-0.25, -0.2) is 4.99 Å². The van der Waals surface area contributed by atoms with Crippen molar-refractivity contribution in [2.75, 3.05) is 26.2 Å². The van der Waals surface area contributed by atoms with E-state index in [1.807, 2.05) is 37.3 Å². The van der Waals surface area contributed by atoms with E-state index >= 15 is 0 Å². The molecule has 1 fully saturated rings. The summed E-state index contributed by atoms with van der Waals surface area (Å²) >= 11 is 0. The van der Waals surface area contributed by atoms with Crippen LogP contribution in [0.15, 0.2) is 35.3 Å². The molecule has 0 saturated carbocycles. The minimum Gasteiger partial charge on any atom is -0.370 e. The zero-order valence-corrected chi connectivity index (χ0v) is 15.4. The average Bonchev–Trinajstić information content (AvgIpc) is 2.64. The van der Waals surface area contributed by atoms with Crippen LogP contribution in [-0.2, 0) is 16.1 Å². The molecule has 7 heteroatoms. The first-order valence-corrected chi connectivity index (χ1v) is 9.20. The first-order chi connectivity index (χ1) is 12.6. The van der Waals surface area contributed by atoms with Gasteiger partial charge >= 0.3 is 0 Å². The Balaban J connectivity index is 1.88. The fraction of sp³-hybridized carbons (Fsp3) is 0.526. The van der Waals surface area contributed by atoms with Gasteiger partial charge in [-0.3, -0.25) is 9.59 Å². The molecule has 4 N–H and O–H groups in total. The minimum absolute atomic E-state index is 0.0755. The second-order valence-corrected chi connectivity index (χ2v) is 6.56. The second kappa shape index (κ2) is 10.4. The Morgan fingerprint density at radius 1 is 1.27 bits per heavy atom. The van der Waals surface area contributed by atoms with Gasteiger partial charge in [-0.1, -0.05) is 30.3 Å². The number of amides is 2. The molecule has 1 unspecified atom stereocenters. The van der Waals surface area contributed by atoms with E-state index in [0.717, 1.165) is 44.0 Å². The smallest absolute Gasteiger partial charge is 0.242 e. The lowest BCUT2D eigenvalue weighted by atomic mass is 9.95. The summed E-state index contributed by atoms with van der Waals surface area (Å²) in [5.74, 6) is 0.586. The topological polar surface area (TPSA) is 99.8 Å². The molecule has 142 valence electrons. The Morgan fingerprint density at radius 3 is 2.73 bits per heavy atom. The number of hydrogen-bond donors (Lipinski definition) is 3. The van der Waals surface area contributed by atoms with E-state index in [-0.39, 0.29) is 24.3 Å². The van der Waals surface area contributed by atoms with Crippen LogP contribution in [0.5, 0.6) is 0 Å². The zero-order valence-electron chi connectivity index (χ0n) is 15.4. The van der Waals surface area contributed by atoms with Gasteiger partial charge in [0.15, 0.2) is 5.96 Å². The van der Waals surface area contributed by atoms with E-state index in [0.29, 0.717) is 13.0 Å². The molecule has 1 aliphatic heterocycles. The monoisotopic (exact) mass is 359 g/mol. The fourth-order valence-electron chi connectivity index (χ4n) is 3.13. The Kier molecular flexibility index (Phi) is 7.92. The molecule has 1 aromatic rings. The Morgan fingerprint density at radius 2 is 2.04 bits per heavy atom. The molecule has 1 aromatic carbocycles. The van der Waals surface area contributed by atoms with Gasteiger partial charge in [-0.2, -0.15) is 0 Å². The SMILES string of the molecule is CCNC(=NCC(=O)NCc1ccccc1)N1CCCC(CC(N)=O)C1. The predicted octanol–water partition coefficient (Wildman–Crippen LogP) is 0.856. The number of aliphatic imine (C=N–C) groups is 1. The van der Waals surface area contributed by atoms with Gasteiger partial charge < -0.3 is 21.3 Å². The molecule has 2 amide bonds. The van der Waals surface area contributed by atoms with Crippen LogP contribution >= 0.6 is 0 Å². The molecule has 1 atom stereocenters. The van der Waals surface area contributed by atoms with Gasteiger partial charge in [0.25, 0.3) is 0 Å². The van der Waals surface area contributed by atoms with Gasteiger partial charge in [0, 0.05) is 32.6 Å². The number of primary amides is 1. The molecular formula is C19H29N5O2. The number of likely N-dealkylation sites (tertiary alicyclic amines) is 1. The van der Waals surface area contributed by atoms with Crippen LogP contribution in [0.25, 0.3) is 0 Å². The number of piperidine rings is 1. The molecule has 2 rings (SSSR count). The van der Waals surface area contributed by atoms with Crippen LogP contribution in [-0.4, -0.2) is 48.9 Å². The number of nitrogens with two attached hydrogens (primary N) is 1. The van der Waals surface area contributed by atoms with Crippen LogP contribution in [0, 0.1) is 5.92 Å². The lowest BCUT2D eigenvalue weighted by molar-refractivity contribution is -0.120. The molecule has 26 heavy (non-hydrogen) atoms. The Labute approximate surface area is 155 Å². The second-order valence-electron chi connectivity index (χ2n) is 6.56. The number of hydrogen-bond acceptors (Lipinski definition) is 3. The van der Waals surface area contributed by atoms with Crippen molar-refractivity contribution in [2.24, 2.45) is 16.6 Å². The third kappa shape index (κ3) is 6.74. The average molecular weight is 359 g/mol. The third-order valence-corrected chi connectivity index (χ3v) is 4.35. The minimum atomic E-state index is -0.265. The van der Waals surface area contributed by atoms with Crippen molar-refractivity contribution in [3.63, 3.8) is 0 Å². The highest BCUT2D eigenvalue weighted by Gasteiger charge is 2.23. The summed E-state index contributed by atoms with van der Waals surface area (Å²) in [7, 11) is 0. The highest BCUT2D eigenvalue weighted by Crippen LogP contribution is 2.19. The number of nitrogens with one attached hydrogen (secondary N) is 2. The molecule has 1 saturated heterocycles. The van der Waals surface area contributed by atoms with Crippen molar-refractivity contribution in [3.05, 3.63) is 35.9 Å². The molecule has 0 aliphatic carbocycles. The van der Waals surface area contributed by atoms with Gasteiger partial charge in [-0.05, 0) is 31.2 Å². The predicted molar refractivity (Wildman–Crippen MR) is 102 cm³/mol. The normalized spacial score (nSPS) is 17.7. The van der Waals surface area contributed by atoms with Gasteiger partial charge in [0.05, 0.1) is 0 Å². The van der Waals surface area contributed by atoms with Crippen molar-refractivity contribution in [1.82, 2.24) is 15.5 Å². The summed E-state index contributed by atoms with van der Waals surface area (Å²) in [4.78, 5) is 29.9. The largest absolute Gasteiger partial charge is 0.370 e. The van der Waals surface area contributed by atoms with E-state index in [1.165, 1.54) is 0 Å². The fourth-order valence-corrected chi connectivity index (χ4v) is 3.13. The van der Waals surface area contributed by atoms with Gasteiger partial charge in [0.1, 0.15) is 6.54 Å². The maximum atomic E-state index is 12.1. The molecular weight excluding hydrogens is 330 g/mol. The molecule has 0 aromatic heterocycles. The summed E-state index contributed by atoms with van der Waals surface area (Å²) in [5, 5.41) is 6.12. The highest BCUT2D eigenvalue weighted by atomic mass is 16.2. The molecule has 0 bridgehead atoms. The summed E-state index contributed by atoms with van der Waals surface area (Å²) in [6.45, 7) is 4.90. The number of benzene rings is 1. The first-order valence-electron chi connectivity index (χ1n) is 9.20. The van der Waals surface area contributed by atoms with Crippen molar-refractivity contribution < 1.29 is 9.59 Å². The quantitative estimate of drug-likeness (QED) is 0.496. The Hall–Kier alpha value is -2.57. The first kappa shape index (κ1) is 19.8. The number of carbonyl (C=O) groups is 2. The van der Waals surface area contributed by atoms with Gasteiger partial charge in [-0.15, -0.1) is 0 Å². The molecule has 1 aliphatic rings. The summed E-state index contributed by atoms with van der Waals surface area (Å²) in [6.07, 6.45) is 2.38. The third-order valence-electron chi connectivity index (χ3n) is 4.35. The number of rotatable bonds is 7. The van der Waals surface area contributed by atoms with Crippen LogP contribution in [0.3, 0.4) is 0 Å². The van der Waals surface area contributed by atoms with Crippen molar-refractivity contribution in [3.8, 4) is 0 Å². The van der Waals surface area contributed by atoms with Crippen LogP contribution in [0.2, 0.25) is 0 Å². The lowest BCUT2D eigenvalue weighted by Crippen LogP contribution is -2.47. The van der Waals surface area contributed by atoms with Gasteiger partial charge in [0.2, 0.25) is 11.8 Å². The molecule has 0 spiro atoms.